The number of benzene rings is 3. The molecule has 7 nitrogen and oxygen atoms in total. The third-order valence-corrected chi connectivity index (χ3v) is 8.60. The lowest BCUT2D eigenvalue weighted by atomic mass is 9.96. The Bertz CT molecular complexity index is 1550. The number of hydrogen-bond acceptors (Lipinski definition) is 6. The van der Waals surface area contributed by atoms with E-state index in [-0.39, 0.29) is 9.92 Å². The molecule has 5 rings (SSSR count). The maximum atomic E-state index is 12.8. The Kier molecular flexibility index (Phi) is 7.22. The van der Waals surface area contributed by atoms with Crippen LogP contribution < -0.4 is 14.8 Å². The van der Waals surface area contributed by atoms with Crippen LogP contribution in [0.4, 0.5) is 11.6 Å². The van der Waals surface area contributed by atoms with Gasteiger partial charge in [0.05, 0.1) is 12.1 Å². The van der Waals surface area contributed by atoms with Gasteiger partial charge in [-0.1, -0.05) is 49.1 Å². The summed E-state index contributed by atoms with van der Waals surface area (Å²) in [7, 11) is -2.18. The van der Waals surface area contributed by atoms with Crippen molar-refractivity contribution in [2.45, 2.75) is 50.0 Å². The van der Waals surface area contributed by atoms with Crippen molar-refractivity contribution in [3.8, 4) is 16.9 Å². The highest BCUT2D eigenvalue weighted by atomic mass is 35.5. The van der Waals surface area contributed by atoms with Gasteiger partial charge in [-0.2, -0.15) is 0 Å². The number of fused-ring (bicyclic) bond motifs is 1. The predicted molar refractivity (Wildman–Crippen MR) is 149 cm³/mol. The van der Waals surface area contributed by atoms with Crippen LogP contribution in [-0.4, -0.2) is 31.5 Å². The number of anilines is 2. The summed E-state index contributed by atoms with van der Waals surface area (Å²) in [6.45, 7) is 1.94. The molecule has 0 atom stereocenters. The number of nitrogens with one attached hydrogen (secondary N) is 2. The largest absolute Gasteiger partial charge is 0.494 e. The summed E-state index contributed by atoms with van der Waals surface area (Å²) in [5.41, 5.74) is 3.98. The van der Waals surface area contributed by atoms with Crippen LogP contribution in [0.5, 0.6) is 5.75 Å². The number of aryl methyl sites for hydroxylation is 1. The van der Waals surface area contributed by atoms with Gasteiger partial charge in [-0.3, -0.25) is 4.72 Å². The van der Waals surface area contributed by atoms with Gasteiger partial charge < -0.3 is 10.1 Å². The highest BCUT2D eigenvalue weighted by molar-refractivity contribution is 7.92. The second kappa shape index (κ2) is 10.6. The molecule has 1 saturated carbocycles. The van der Waals surface area contributed by atoms with E-state index in [1.807, 2.05) is 31.3 Å². The third kappa shape index (κ3) is 5.50. The Hall–Kier alpha value is -3.36. The minimum Gasteiger partial charge on any atom is -0.494 e. The third-order valence-electron chi connectivity index (χ3n) is 6.72. The van der Waals surface area contributed by atoms with Crippen LogP contribution in [0, 0.1) is 6.92 Å². The number of hydrogen-bond donors (Lipinski definition) is 2. The molecule has 1 fully saturated rings. The number of ether oxygens (including phenoxy) is 1. The normalized spacial score (nSPS) is 14.5. The highest BCUT2D eigenvalue weighted by Gasteiger charge is 2.19. The molecule has 0 saturated heterocycles. The van der Waals surface area contributed by atoms with E-state index in [9.17, 15) is 8.42 Å². The van der Waals surface area contributed by atoms with E-state index >= 15 is 0 Å². The van der Waals surface area contributed by atoms with Gasteiger partial charge in [0.25, 0.3) is 10.0 Å². The summed E-state index contributed by atoms with van der Waals surface area (Å²) < 4.78 is 34.0. The lowest BCUT2D eigenvalue weighted by Gasteiger charge is -2.22. The Balaban J connectivity index is 1.43. The SMILES string of the molecule is COc1cc(-c2ccc(NS(=O)(=O)c3ccccc3Cl)cc2C)cc2cnc(NC3CCCCC3)nc12. The second-order valence-corrected chi connectivity index (χ2v) is 11.4. The Labute approximate surface area is 222 Å². The molecule has 2 N–H and O–H groups in total. The van der Waals surface area contributed by atoms with Crippen molar-refractivity contribution in [2.75, 3.05) is 17.1 Å². The number of aromatic nitrogens is 2. The molecule has 1 aliphatic rings. The van der Waals surface area contributed by atoms with E-state index < -0.39 is 10.0 Å². The molecule has 4 aromatic rings. The van der Waals surface area contributed by atoms with Gasteiger partial charge in [0.2, 0.25) is 5.95 Å². The van der Waals surface area contributed by atoms with Crippen molar-refractivity contribution in [3.63, 3.8) is 0 Å². The molecule has 0 unspecified atom stereocenters. The summed E-state index contributed by atoms with van der Waals surface area (Å²) in [4.78, 5) is 9.35. The fraction of sp³-hybridized carbons (Fsp3) is 0.286. The summed E-state index contributed by atoms with van der Waals surface area (Å²) in [6, 6.07) is 16.2. The van der Waals surface area contributed by atoms with E-state index in [0.29, 0.717) is 23.4 Å². The minimum absolute atomic E-state index is 0.0370. The molecule has 1 heterocycles. The maximum absolute atomic E-state index is 12.8. The van der Waals surface area contributed by atoms with Gasteiger partial charge in [0.1, 0.15) is 16.2 Å². The van der Waals surface area contributed by atoms with Crippen LogP contribution in [-0.2, 0) is 10.0 Å². The van der Waals surface area contributed by atoms with Crippen molar-refractivity contribution in [2.24, 2.45) is 0 Å². The molecule has 192 valence electrons. The molecule has 0 radical (unpaired) electrons. The molecule has 37 heavy (non-hydrogen) atoms. The van der Waals surface area contributed by atoms with Gasteiger partial charge in [0.15, 0.2) is 0 Å². The van der Waals surface area contributed by atoms with Crippen molar-refractivity contribution in [1.29, 1.82) is 0 Å². The van der Waals surface area contributed by atoms with E-state index in [1.54, 1.807) is 37.4 Å². The fourth-order valence-electron chi connectivity index (χ4n) is 4.85. The first-order valence-electron chi connectivity index (χ1n) is 12.3. The smallest absolute Gasteiger partial charge is 0.263 e. The van der Waals surface area contributed by atoms with Crippen molar-refractivity contribution in [1.82, 2.24) is 9.97 Å². The molecule has 1 aliphatic carbocycles. The molecule has 0 aliphatic heterocycles. The van der Waals surface area contributed by atoms with Gasteiger partial charge in [0, 0.05) is 23.3 Å². The van der Waals surface area contributed by atoms with Gasteiger partial charge in [-0.15, -0.1) is 0 Å². The van der Waals surface area contributed by atoms with E-state index in [4.69, 9.17) is 21.3 Å². The zero-order valence-corrected chi connectivity index (χ0v) is 22.4. The molecule has 0 bridgehead atoms. The minimum atomic E-state index is -3.82. The van der Waals surface area contributed by atoms with Crippen molar-refractivity contribution >= 4 is 44.2 Å². The lowest BCUT2D eigenvalue weighted by molar-refractivity contribution is 0.419. The quantitative estimate of drug-likeness (QED) is 0.269. The van der Waals surface area contributed by atoms with Gasteiger partial charge >= 0.3 is 0 Å². The molecule has 1 aromatic heterocycles. The van der Waals surface area contributed by atoms with Crippen LogP contribution in [0.15, 0.2) is 65.7 Å². The number of halogens is 1. The van der Waals surface area contributed by atoms with E-state index in [2.05, 4.69) is 15.0 Å². The molecular formula is C28H29ClN4O3S. The van der Waals surface area contributed by atoms with Crippen molar-refractivity contribution < 1.29 is 13.2 Å². The number of nitrogens with zero attached hydrogens (tertiary/aromatic N) is 2. The summed E-state index contributed by atoms with van der Waals surface area (Å²) >= 11 is 6.10. The monoisotopic (exact) mass is 536 g/mol. The highest BCUT2D eigenvalue weighted by Crippen LogP contribution is 2.35. The molecule has 9 heteroatoms. The number of methoxy groups -OCH3 is 1. The van der Waals surface area contributed by atoms with Crippen LogP contribution in [0.2, 0.25) is 5.02 Å². The van der Waals surface area contributed by atoms with Crippen molar-refractivity contribution in [3.05, 3.63) is 71.4 Å². The first kappa shape index (κ1) is 25.3. The molecule has 3 aromatic carbocycles. The fourth-order valence-corrected chi connectivity index (χ4v) is 6.42. The van der Waals surface area contributed by atoms with E-state index in [1.165, 1.54) is 25.3 Å². The maximum Gasteiger partial charge on any atom is 0.263 e. The zero-order chi connectivity index (χ0) is 26.0. The summed E-state index contributed by atoms with van der Waals surface area (Å²) in [6.07, 6.45) is 7.86. The zero-order valence-electron chi connectivity index (χ0n) is 20.8. The summed E-state index contributed by atoms with van der Waals surface area (Å²) in [5, 5.41) is 4.52. The Morgan fingerprint density at radius 1 is 1.03 bits per heavy atom. The standard InChI is InChI=1S/C28H29ClN4O3S/c1-18-14-22(33-37(34,35)26-11-7-6-10-24(26)29)12-13-23(18)19-15-20-17-30-28(31-21-8-4-3-5-9-21)32-27(20)25(16-19)36-2/h6-7,10-17,21,33H,3-5,8-9H2,1-2H3,(H,30,31,32). The van der Waals surface area contributed by atoms with E-state index in [0.717, 1.165) is 40.4 Å². The Morgan fingerprint density at radius 3 is 2.54 bits per heavy atom. The molecule has 0 spiro atoms. The first-order chi connectivity index (χ1) is 17.8. The lowest BCUT2D eigenvalue weighted by Crippen LogP contribution is -2.23. The topological polar surface area (TPSA) is 93.2 Å². The average molecular weight is 537 g/mol. The van der Waals surface area contributed by atoms with Gasteiger partial charge in [-0.05, 0) is 72.9 Å². The van der Waals surface area contributed by atoms with Gasteiger partial charge in [-0.25, -0.2) is 18.4 Å². The van der Waals surface area contributed by atoms with Crippen LogP contribution in [0.3, 0.4) is 0 Å². The number of sulfonamides is 1. The van der Waals surface area contributed by atoms with Crippen LogP contribution in [0.25, 0.3) is 22.0 Å². The van der Waals surface area contributed by atoms with Crippen LogP contribution in [0.1, 0.15) is 37.7 Å². The number of rotatable bonds is 7. The summed E-state index contributed by atoms with van der Waals surface area (Å²) in [5.74, 6) is 1.28. The predicted octanol–water partition coefficient (Wildman–Crippen LogP) is 6.81. The average Bonchev–Trinajstić information content (AvgIpc) is 2.89. The molecular weight excluding hydrogens is 508 g/mol. The molecule has 0 amide bonds. The first-order valence-corrected chi connectivity index (χ1v) is 14.2. The Morgan fingerprint density at radius 2 is 1.81 bits per heavy atom. The second-order valence-electron chi connectivity index (χ2n) is 9.35. The van der Waals surface area contributed by atoms with Crippen LogP contribution >= 0.6 is 11.6 Å².